The van der Waals surface area contributed by atoms with Gasteiger partial charge in [-0.3, -0.25) is 9.97 Å². The molecule has 0 N–H and O–H groups in total. The molecular formula is C10H7BN2O. The quantitative estimate of drug-likeness (QED) is 0.661. The second-order valence-corrected chi connectivity index (χ2v) is 2.68. The predicted molar refractivity (Wildman–Crippen MR) is 53.9 cm³/mol. The zero-order chi connectivity index (χ0) is 9.80. The van der Waals surface area contributed by atoms with Crippen molar-refractivity contribution in [2.24, 2.45) is 0 Å². The van der Waals surface area contributed by atoms with Crippen molar-refractivity contribution in [2.75, 3.05) is 0 Å². The van der Waals surface area contributed by atoms with E-state index in [0.717, 1.165) is 5.69 Å². The van der Waals surface area contributed by atoms with Crippen LogP contribution in [0, 0.1) is 0 Å². The van der Waals surface area contributed by atoms with Crippen molar-refractivity contribution in [1.29, 1.82) is 0 Å². The fourth-order valence-electron chi connectivity index (χ4n) is 1.18. The van der Waals surface area contributed by atoms with Gasteiger partial charge in [0.1, 0.15) is 11.4 Å². The third-order valence-corrected chi connectivity index (χ3v) is 1.81. The van der Waals surface area contributed by atoms with Gasteiger partial charge in [-0.15, -0.1) is 0 Å². The Balaban J connectivity index is 2.51. The molecule has 3 nitrogen and oxygen atoms in total. The van der Waals surface area contributed by atoms with Gasteiger partial charge in [0.25, 0.3) is 0 Å². The van der Waals surface area contributed by atoms with E-state index in [-0.39, 0.29) is 0 Å². The van der Waals surface area contributed by atoms with Gasteiger partial charge in [-0.2, -0.15) is 0 Å². The van der Waals surface area contributed by atoms with Crippen LogP contribution < -0.4 is 4.65 Å². The van der Waals surface area contributed by atoms with Gasteiger partial charge in [-0.1, -0.05) is 6.07 Å². The molecule has 0 fully saturated rings. The summed E-state index contributed by atoms with van der Waals surface area (Å²) < 4.78 is 4.70. The summed E-state index contributed by atoms with van der Waals surface area (Å²) in [5.41, 5.74) is 1.39. The molecule has 2 rings (SSSR count). The largest absolute Gasteiger partial charge is 0.566 e. The first kappa shape index (κ1) is 8.75. The lowest BCUT2D eigenvalue weighted by molar-refractivity contribution is 0.614. The number of hydrogen-bond donors (Lipinski definition) is 0. The van der Waals surface area contributed by atoms with Crippen LogP contribution in [0.5, 0.6) is 5.75 Å². The van der Waals surface area contributed by atoms with Crippen molar-refractivity contribution in [1.82, 2.24) is 9.97 Å². The summed E-state index contributed by atoms with van der Waals surface area (Å²) in [6.07, 6.45) is 3.37. The topological polar surface area (TPSA) is 35.0 Å². The Morgan fingerprint density at radius 3 is 2.57 bits per heavy atom. The maximum Gasteiger partial charge on any atom is 0.374 e. The number of rotatable bonds is 2. The highest BCUT2D eigenvalue weighted by Gasteiger charge is 2.05. The van der Waals surface area contributed by atoms with E-state index in [2.05, 4.69) is 9.97 Å². The molecule has 14 heavy (non-hydrogen) atoms. The van der Waals surface area contributed by atoms with E-state index in [4.69, 9.17) is 12.7 Å². The Bertz CT molecular complexity index is 419. The van der Waals surface area contributed by atoms with Gasteiger partial charge < -0.3 is 4.65 Å². The van der Waals surface area contributed by atoms with E-state index in [0.29, 0.717) is 11.4 Å². The van der Waals surface area contributed by atoms with Crippen LogP contribution in [-0.4, -0.2) is 18.0 Å². The van der Waals surface area contributed by atoms with Crippen molar-refractivity contribution in [3.63, 3.8) is 0 Å². The minimum Gasteiger partial charge on any atom is -0.566 e. The van der Waals surface area contributed by atoms with Crippen LogP contribution in [0.2, 0.25) is 0 Å². The molecule has 0 aliphatic heterocycles. The molecule has 0 bridgehead atoms. The monoisotopic (exact) mass is 182 g/mol. The van der Waals surface area contributed by atoms with Crippen LogP contribution in [0.1, 0.15) is 0 Å². The molecule has 0 spiro atoms. The standard InChI is InChI=1S/C10H7BN2O/c11-14-9-5-3-7-13-10(9)8-4-1-2-6-12-8/h1-7H. The summed E-state index contributed by atoms with van der Waals surface area (Å²) in [4.78, 5) is 8.31. The molecule has 0 aromatic carbocycles. The molecule has 4 heteroatoms. The summed E-state index contributed by atoms with van der Waals surface area (Å²) in [5, 5.41) is 0. The van der Waals surface area contributed by atoms with E-state index < -0.39 is 0 Å². The maximum atomic E-state index is 5.12. The number of aromatic nitrogens is 2. The lowest BCUT2D eigenvalue weighted by Gasteiger charge is -2.05. The summed E-state index contributed by atoms with van der Waals surface area (Å²) in [7, 11) is 5.12. The molecule has 0 saturated heterocycles. The van der Waals surface area contributed by atoms with Gasteiger partial charge in [0.2, 0.25) is 0 Å². The van der Waals surface area contributed by atoms with Crippen molar-refractivity contribution < 1.29 is 4.65 Å². The van der Waals surface area contributed by atoms with E-state index >= 15 is 0 Å². The number of hydrogen-bond acceptors (Lipinski definition) is 3. The Kier molecular flexibility index (Phi) is 2.45. The van der Waals surface area contributed by atoms with Gasteiger partial charge in [0.15, 0.2) is 0 Å². The minimum atomic E-state index is 0.520. The van der Waals surface area contributed by atoms with Crippen molar-refractivity contribution in [2.45, 2.75) is 0 Å². The smallest absolute Gasteiger partial charge is 0.374 e. The van der Waals surface area contributed by atoms with Crippen LogP contribution in [-0.2, 0) is 0 Å². The molecule has 2 aromatic heterocycles. The van der Waals surface area contributed by atoms with Crippen LogP contribution in [0.25, 0.3) is 11.4 Å². The Morgan fingerprint density at radius 2 is 1.86 bits per heavy atom. The maximum absolute atomic E-state index is 5.12. The van der Waals surface area contributed by atoms with E-state index in [1.54, 1.807) is 24.5 Å². The van der Waals surface area contributed by atoms with Crippen molar-refractivity contribution >= 4 is 8.05 Å². The first-order valence-electron chi connectivity index (χ1n) is 4.15. The van der Waals surface area contributed by atoms with Crippen LogP contribution in [0.3, 0.4) is 0 Å². The normalized spacial score (nSPS) is 9.71. The summed E-state index contributed by atoms with van der Waals surface area (Å²) in [6, 6.07) is 9.09. The highest BCUT2D eigenvalue weighted by atomic mass is 16.4. The van der Waals surface area contributed by atoms with Gasteiger partial charge >= 0.3 is 8.05 Å². The van der Waals surface area contributed by atoms with Gasteiger partial charge in [0.05, 0.1) is 5.69 Å². The lowest BCUT2D eigenvalue weighted by Crippen LogP contribution is -1.93. The molecule has 0 unspecified atom stereocenters. The molecule has 2 heterocycles. The molecule has 0 amide bonds. The number of nitrogens with zero attached hydrogens (tertiary/aromatic N) is 2. The Hall–Kier alpha value is -1.84. The average Bonchev–Trinajstić information content (AvgIpc) is 2.30. The lowest BCUT2D eigenvalue weighted by atomic mass is 10.2. The van der Waals surface area contributed by atoms with E-state index in [1.807, 2.05) is 18.2 Å². The fourth-order valence-corrected chi connectivity index (χ4v) is 1.18. The van der Waals surface area contributed by atoms with Gasteiger partial charge in [0, 0.05) is 12.4 Å². The SMILES string of the molecule is [B]Oc1cccnc1-c1ccccn1. The van der Waals surface area contributed by atoms with E-state index in [1.165, 1.54) is 0 Å². The highest BCUT2D eigenvalue weighted by Crippen LogP contribution is 2.24. The van der Waals surface area contributed by atoms with E-state index in [9.17, 15) is 0 Å². The minimum absolute atomic E-state index is 0.520. The molecule has 0 aliphatic carbocycles. The predicted octanol–water partition coefficient (Wildman–Crippen LogP) is 1.61. The zero-order valence-corrected chi connectivity index (χ0v) is 7.42. The third-order valence-electron chi connectivity index (χ3n) is 1.81. The van der Waals surface area contributed by atoms with Crippen LogP contribution >= 0.6 is 0 Å². The Morgan fingerprint density at radius 1 is 1.00 bits per heavy atom. The molecule has 2 aromatic rings. The van der Waals surface area contributed by atoms with Gasteiger partial charge in [-0.25, -0.2) is 0 Å². The third kappa shape index (κ3) is 1.59. The average molecular weight is 182 g/mol. The summed E-state index contributed by atoms with van der Waals surface area (Å²) >= 11 is 0. The molecule has 0 aliphatic rings. The van der Waals surface area contributed by atoms with Crippen LogP contribution in [0.4, 0.5) is 0 Å². The fraction of sp³-hybridized carbons (Fsp3) is 0. The second-order valence-electron chi connectivity index (χ2n) is 2.68. The molecule has 66 valence electrons. The summed E-state index contributed by atoms with van der Waals surface area (Å²) in [6.45, 7) is 0. The molecular weight excluding hydrogens is 175 g/mol. The molecule has 0 saturated carbocycles. The molecule has 0 atom stereocenters. The first-order chi connectivity index (χ1) is 6.92. The Labute approximate surface area is 83.2 Å². The van der Waals surface area contributed by atoms with Crippen molar-refractivity contribution in [3.05, 3.63) is 42.7 Å². The molecule has 2 radical (unpaired) electrons. The number of pyridine rings is 2. The zero-order valence-electron chi connectivity index (χ0n) is 7.42. The second kappa shape index (κ2) is 3.92. The van der Waals surface area contributed by atoms with Crippen LogP contribution in [0.15, 0.2) is 42.7 Å². The summed E-state index contributed by atoms with van der Waals surface area (Å²) in [5.74, 6) is 0.520. The first-order valence-corrected chi connectivity index (χ1v) is 4.15. The van der Waals surface area contributed by atoms with Crippen molar-refractivity contribution in [3.8, 4) is 17.1 Å². The highest BCUT2D eigenvalue weighted by molar-refractivity contribution is 6.00. The van der Waals surface area contributed by atoms with Gasteiger partial charge in [-0.05, 0) is 24.3 Å².